The number of carbonyl (C=O) groups is 3. The van der Waals surface area contributed by atoms with E-state index in [4.69, 9.17) is 4.74 Å². The topological polar surface area (TPSA) is 63.7 Å². The third-order valence-corrected chi connectivity index (χ3v) is 6.34. The van der Waals surface area contributed by atoms with E-state index in [1.165, 1.54) is 30.8 Å². The molecule has 156 valence electrons. The minimum atomic E-state index is -0.683. The summed E-state index contributed by atoms with van der Waals surface area (Å²) in [5.74, 6) is -0.859. The summed E-state index contributed by atoms with van der Waals surface area (Å²) in [6.07, 6.45) is 3.70. The second-order valence-electron chi connectivity index (χ2n) is 7.43. The number of nitrogens with zero attached hydrogens (tertiary/aromatic N) is 1. The number of rotatable bonds is 7. The number of hydrogen-bond acceptors (Lipinski definition) is 6. The quantitative estimate of drug-likeness (QED) is 0.496. The molecule has 1 aliphatic heterocycles. The zero-order chi connectivity index (χ0) is 21.0. The molecule has 0 bridgehead atoms. The number of piperidine rings is 1. The SMILES string of the molecule is CCOC(=O)/C=C1\CN([C@H](C(=O)C2CC2)c2ccccc2F)CC[C@@H]1SC(C)=O. The van der Waals surface area contributed by atoms with Gasteiger partial charge in [0, 0.05) is 42.8 Å². The van der Waals surface area contributed by atoms with Gasteiger partial charge >= 0.3 is 5.97 Å². The zero-order valence-corrected chi connectivity index (χ0v) is 17.5. The van der Waals surface area contributed by atoms with Crippen molar-refractivity contribution in [3.8, 4) is 0 Å². The van der Waals surface area contributed by atoms with Gasteiger partial charge in [-0.25, -0.2) is 9.18 Å². The number of thioether (sulfide) groups is 1. The van der Waals surface area contributed by atoms with E-state index in [-0.39, 0.29) is 28.7 Å². The van der Waals surface area contributed by atoms with Crippen molar-refractivity contribution in [1.29, 1.82) is 0 Å². The normalized spacial score (nSPS) is 22.3. The molecule has 0 unspecified atom stereocenters. The number of ether oxygens (including phenoxy) is 1. The Labute approximate surface area is 174 Å². The van der Waals surface area contributed by atoms with Gasteiger partial charge in [-0.15, -0.1) is 0 Å². The predicted octanol–water partition coefficient (Wildman–Crippen LogP) is 3.69. The number of halogens is 1. The highest BCUT2D eigenvalue weighted by atomic mass is 32.2. The Morgan fingerprint density at radius 3 is 2.62 bits per heavy atom. The third kappa shape index (κ3) is 5.54. The van der Waals surface area contributed by atoms with Gasteiger partial charge in [-0.2, -0.15) is 0 Å². The van der Waals surface area contributed by atoms with Gasteiger partial charge in [0.15, 0.2) is 10.9 Å². The van der Waals surface area contributed by atoms with Gasteiger partial charge in [0.25, 0.3) is 0 Å². The molecule has 0 amide bonds. The Morgan fingerprint density at radius 2 is 2.00 bits per heavy atom. The molecular formula is C22H26FNO4S. The van der Waals surface area contributed by atoms with Crippen molar-refractivity contribution < 1.29 is 23.5 Å². The lowest BCUT2D eigenvalue weighted by molar-refractivity contribution is -0.137. The maximum absolute atomic E-state index is 14.6. The third-order valence-electron chi connectivity index (χ3n) is 5.19. The van der Waals surface area contributed by atoms with Gasteiger partial charge < -0.3 is 4.74 Å². The maximum atomic E-state index is 14.6. The molecule has 1 saturated carbocycles. The molecule has 1 saturated heterocycles. The monoisotopic (exact) mass is 419 g/mol. The van der Waals surface area contributed by atoms with Gasteiger partial charge in [-0.05, 0) is 37.8 Å². The molecule has 2 atom stereocenters. The van der Waals surface area contributed by atoms with Crippen LogP contribution in [0.25, 0.3) is 0 Å². The Balaban J connectivity index is 1.90. The molecule has 2 aliphatic rings. The van der Waals surface area contributed by atoms with Crippen molar-refractivity contribution in [2.45, 2.75) is 44.4 Å². The van der Waals surface area contributed by atoms with Crippen LogP contribution in [0.1, 0.15) is 44.7 Å². The first-order chi connectivity index (χ1) is 13.9. The largest absolute Gasteiger partial charge is 0.463 e. The summed E-state index contributed by atoms with van der Waals surface area (Å²) in [5.41, 5.74) is 1.11. The summed E-state index contributed by atoms with van der Waals surface area (Å²) in [4.78, 5) is 38.7. The summed E-state index contributed by atoms with van der Waals surface area (Å²) in [5, 5.41) is -0.177. The highest BCUT2D eigenvalue weighted by Gasteiger charge is 2.41. The van der Waals surface area contributed by atoms with Gasteiger partial charge in [0.1, 0.15) is 5.82 Å². The molecule has 5 nitrogen and oxygen atoms in total. The van der Waals surface area contributed by atoms with E-state index >= 15 is 0 Å². The van der Waals surface area contributed by atoms with Crippen molar-refractivity contribution in [3.05, 3.63) is 47.3 Å². The van der Waals surface area contributed by atoms with E-state index in [1.54, 1.807) is 25.1 Å². The molecule has 29 heavy (non-hydrogen) atoms. The van der Waals surface area contributed by atoms with E-state index < -0.39 is 17.8 Å². The van der Waals surface area contributed by atoms with Crippen molar-refractivity contribution >= 4 is 28.6 Å². The van der Waals surface area contributed by atoms with Crippen LogP contribution in [0.5, 0.6) is 0 Å². The minimum Gasteiger partial charge on any atom is -0.463 e. The van der Waals surface area contributed by atoms with Crippen LogP contribution in [0.2, 0.25) is 0 Å². The predicted molar refractivity (Wildman–Crippen MR) is 110 cm³/mol. The maximum Gasteiger partial charge on any atom is 0.330 e. The van der Waals surface area contributed by atoms with Gasteiger partial charge in [-0.1, -0.05) is 30.0 Å². The molecular weight excluding hydrogens is 393 g/mol. The van der Waals surface area contributed by atoms with Crippen LogP contribution in [0, 0.1) is 11.7 Å². The van der Waals surface area contributed by atoms with E-state index in [0.717, 1.165) is 18.4 Å². The molecule has 0 radical (unpaired) electrons. The standard InChI is InChI=1S/C22H26FNO4S/c1-3-28-20(26)12-16-13-24(11-10-19(16)29-14(2)25)21(22(27)15-8-9-15)17-6-4-5-7-18(17)23/h4-7,12,15,19,21H,3,8-11,13H2,1-2H3/b16-12+/t19-,21-/m0/s1. The van der Waals surface area contributed by atoms with Gasteiger partial charge in [0.05, 0.1) is 12.6 Å². The second-order valence-corrected chi connectivity index (χ2v) is 8.81. The molecule has 0 spiro atoms. The number of ketones is 1. The number of esters is 1. The molecule has 0 N–H and O–H groups in total. The fourth-order valence-electron chi connectivity index (χ4n) is 3.73. The number of Topliss-reactive ketones (excluding diaryl/α,β-unsaturated/α-hetero) is 1. The second kappa shape index (κ2) is 9.67. The molecule has 2 fully saturated rings. The first kappa shape index (κ1) is 21.7. The number of carbonyl (C=O) groups excluding carboxylic acids is 3. The van der Waals surface area contributed by atoms with E-state index in [2.05, 4.69) is 0 Å². The molecule has 1 aliphatic carbocycles. The van der Waals surface area contributed by atoms with Crippen molar-refractivity contribution in [1.82, 2.24) is 4.90 Å². The first-order valence-corrected chi connectivity index (χ1v) is 10.8. The smallest absolute Gasteiger partial charge is 0.330 e. The summed E-state index contributed by atoms with van der Waals surface area (Å²) in [6.45, 7) is 4.35. The van der Waals surface area contributed by atoms with E-state index in [1.807, 2.05) is 4.90 Å². The lowest BCUT2D eigenvalue weighted by atomic mass is 9.93. The van der Waals surface area contributed by atoms with Crippen LogP contribution in [-0.4, -0.2) is 46.7 Å². The van der Waals surface area contributed by atoms with Gasteiger partial charge in [0.2, 0.25) is 0 Å². The lowest BCUT2D eigenvalue weighted by Gasteiger charge is -2.38. The molecule has 1 aromatic rings. The van der Waals surface area contributed by atoms with Crippen molar-refractivity contribution in [3.63, 3.8) is 0 Å². The zero-order valence-electron chi connectivity index (χ0n) is 16.7. The summed E-state index contributed by atoms with van der Waals surface area (Å²) >= 11 is 1.18. The first-order valence-electron chi connectivity index (χ1n) is 9.97. The number of likely N-dealkylation sites (tertiary alicyclic amines) is 1. The molecule has 7 heteroatoms. The van der Waals surface area contributed by atoms with Crippen LogP contribution in [0.15, 0.2) is 35.9 Å². The van der Waals surface area contributed by atoms with Crippen LogP contribution in [0.3, 0.4) is 0 Å². The Kier molecular flexibility index (Phi) is 7.24. The van der Waals surface area contributed by atoms with Gasteiger partial charge in [-0.3, -0.25) is 14.5 Å². The minimum absolute atomic E-state index is 0.0265. The van der Waals surface area contributed by atoms with Crippen LogP contribution < -0.4 is 0 Å². The van der Waals surface area contributed by atoms with E-state index in [9.17, 15) is 18.8 Å². The Hall–Kier alpha value is -1.99. The summed E-state index contributed by atoms with van der Waals surface area (Å²) < 4.78 is 19.6. The fraction of sp³-hybridized carbons (Fsp3) is 0.500. The van der Waals surface area contributed by atoms with Crippen LogP contribution in [-0.2, 0) is 19.1 Å². The summed E-state index contributed by atoms with van der Waals surface area (Å²) in [7, 11) is 0. The molecule has 1 heterocycles. The number of hydrogen-bond donors (Lipinski definition) is 0. The van der Waals surface area contributed by atoms with Crippen molar-refractivity contribution in [2.24, 2.45) is 5.92 Å². The fourth-order valence-corrected chi connectivity index (χ4v) is 4.65. The Morgan fingerprint density at radius 1 is 1.28 bits per heavy atom. The summed E-state index contributed by atoms with van der Waals surface area (Å²) in [6, 6.07) is 5.69. The average Bonchev–Trinajstić information content (AvgIpc) is 3.50. The molecule has 3 rings (SSSR count). The van der Waals surface area contributed by atoms with E-state index in [0.29, 0.717) is 25.1 Å². The average molecular weight is 420 g/mol. The highest BCUT2D eigenvalue weighted by Crippen LogP contribution is 2.40. The van der Waals surface area contributed by atoms with Crippen molar-refractivity contribution in [2.75, 3.05) is 19.7 Å². The van der Waals surface area contributed by atoms with Crippen LogP contribution in [0.4, 0.5) is 4.39 Å². The highest BCUT2D eigenvalue weighted by molar-refractivity contribution is 8.14. The molecule has 0 aromatic heterocycles. The Bertz CT molecular complexity index is 821. The lowest BCUT2D eigenvalue weighted by Crippen LogP contribution is -2.43. The van der Waals surface area contributed by atoms with Crippen LogP contribution >= 0.6 is 11.8 Å². The number of benzene rings is 1. The molecule has 1 aromatic carbocycles.